The molecule has 0 radical (unpaired) electrons. The zero-order chi connectivity index (χ0) is 10.8. The Morgan fingerprint density at radius 1 is 1.53 bits per heavy atom. The summed E-state index contributed by atoms with van der Waals surface area (Å²) in [4.78, 5) is 9.34. The number of anilines is 1. The van der Waals surface area contributed by atoms with Gasteiger partial charge in [-0.1, -0.05) is 18.5 Å². The van der Waals surface area contributed by atoms with Gasteiger partial charge >= 0.3 is 0 Å². The van der Waals surface area contributed by atoms with Crippen LogP contribution in [0.2, 0.25) is 5.02 Å². The molecule has 80 valence electrons. The van der Waals surface area contributed by atoms with E-state index in [0.29, 0.717) is 6.04 Å². The van der Waals surface area contributed by atoms with Gasteiger partial charge in [0.2, 0.25) is 0 Å². The summed E-state index contributed by atoms with van der Waals surface area (Å²) in [5.41, 5.74) is 0. The van der Waals surface area contributed by atoms with Gasteiger partial charge in [0.25, 0.3) is 0 Å². The van der Waals surface area contributed by atoms with E-state index < -0.39 is 0 Å². The van der Waals surface area contributed by atoms with Crippen molar-refractivity contribution in [3.05, 3.63) is 16.7 Å². The van der Waals surface area contributed by atoms with Gasteiger partial charge in [-0.25, -0.2) is 9.97 Å². The molecule has 15 heavy (non-hydrogen) atoms. The van der Waals surface area contributed by atoms with Gasteiger partial charge < -0.3 is 5.32 Å². The van der Waals surface area contributed by atoms with E-state index in [9.17, 15) is 0 Å². The fraction of sp³-hybridized carbons (Fsp3) is 0.400. The average molecular weight is 242 g/mol. The minimum atomic E-state index is 0.388. The summed E-state index contributed by atoms with van der Waals surface area (Å²) in [6.45, 7) is 4.25. The largest absolute Gasteiger partial charge is 0.367 e. The van der Waals surface area contributed by atoms with Crippen molar-refractivity contribution in [2.24, 2.45) is 0 Å². The number of thiophene rings is 1. The van der Waals surface area contributed by atoms with E-state index in [1.807, 2.05) is 5.38 Å². The van der Waals surface area contributed by atoms with E-state index in [0.717, 1.165) is 27.5 Å². The average Bonchev–Trinajstić information content (AvgIpc) is 2.61. The number of hydrogen-bond acceptors (Lipinski definition) is 4. The van der Waals surface area contributed by atoms with Crippen molar-refractivity contribution in [1.82, 2.24) is 9.97 Å². The zero-order valence-corrected chi connectivity index (χ0v) is 10.2. The number of nitrogens with zero attached hydrogens (tertiary/aromatic N) is 2. The number of nitrogens with one attached hydrogen (secondary N) is 1. The van der Waals surface area contributed by atoms with Crippen molar-refractivity contribution in [3.63, 3.8) is 0 Å². The fourth-order valence-corrected chi connectivity index (χ4v) is 2.42. The highest BCUT2D eigenvalue weighted by Crippen LogP contribution is 2.32. The van der Waals surface area contributed by atoms with Gasteiger partial charge in [0.05, 0.1) is 10.4 Å². The van der Waals surface area contributed by atoms with Gasteiger partial charge in [0.15, 0.2) is 0 Å². The van der Waals surface area contributed by atoms with Crippen LogP contribution in [0.25, 0.3) is 10.2 Å². The molecule has 0 aromatic carbocycles. The molecule has 2 heterocycles. The van der Waals surface area contributed by atoms with Crippen LogP contribution in [0, 0.1) is 0 Å². The molecule has 2 aromatic heterocycles. The Morgan fingerprint density at radius 3 is 3.07 bits per heavy atom. The van der Waals surface area contributed by atoms with Crippen LogP contribution in [-0.4, -0.2) is 16.0 Å². The van der Waals surface area contributed by atoms with Crippen LogP contribution in [-0.2, 0) is 0 Å². The first-order chi connectivity index (χ1) is 7.22. The van der Waals surface area contributed by atoms with Crippen molar-refractivity contribution >= 4 is 39.0 Å². The minimum Gasteiger partial charge on any atom is -0.367 e. The monoisotopic (exact) mass is 241 g/mol. The number of rotatable bonds is 3. The third kappa shape index (κ3) is 2.06. The summed E-state index contributed by atoms with van der Waals surface area (Å²) in [7, 11) is 0. The van der Waals surface area contributed by atoms with Crippen LogP contribution >= 0.6 is 22.9 Å². The molecular weight excluding hydrogens is 230 g/mol. The molecule has 0 fully saturated rings. The van der Waals surface area contributed by atoms with Gasteiger partial charge in [-0.3, -0.25) is 0 Å². The maximum atomic E-state index is 6.09. The van der Waals surface area contributed by atoms with E-state index in [1.165, 1.54) is 11.3 Å². The first-order valence-electron chi connectivity index (χ1n) is 4.86. The third-order valence-corrected chi connectivity index (χ3v) is 3.63. The lowest BCUT2D eigenvalue weighted by Crippen LogP contribution is -2.14. The van der Waals surface area contributed by atoms with E-state index in [2.05, 4.69) is 29.1 Å². The number of aromatic nitrogens is 2. The van der Waals surface area contributed by atoms with Crippen LogP contribution in [0.15, 0.2) is 11.7 Å². The predicted molar refractivity (Wildman–Crippen MR) is 65.8 cm³/mol. The summed E-state index contributed by atoms with van der Waals surface area (Å²) in [6.07, 6.45) is 2.62. The molecule has 0 aliphatic carbocycles. The van der Waals surface area contributed by atoms with Crippen molar-refractivity contribution in [2.75, 3.05) is 5.32 Å². The molecule has 1 unspecified atom stereocenters. The van der Waals surface area contributed by atoms with E-state index in [1.54, 1.807) is 6.33 Å². The van der Waals surface area contributed by atoms with E-state index >= 15 is 0 Å². The topological polar surface area (TPSA) is 37.8 Å². The lowest BCUT2D eigenvalue weighted by molar-refractivity contribution is 0.760. The van der Waals surface area contributed by atoms with Gasteiger partial charge in [-0.2, -0.15) is 0 Å². The normalized spacial score (nSPS) is 13.0. The molecule has 5 heteroatoms. The van der Waals surface area contributed by atoms with Crippen LogP contribution in [0.1, 0.15) is 20.3 Å². The second kappa shape index (κ2) is 4.33. The number of hydrogen-bond donors (Lipinski definition) is 1. The molecule has 1 N–H and O–H groups in total. The third-order valence-electron chi connectivity index (χ3n) is 2.32. The van der Waals surface area contributed by atoms with E-state index in [4.69, 9.17) is 11.6 Å². The van der Waals surface area contributed by atoms with Crippen molar-refractivity contribution in [3.8, 4) is 0 Å². The van der Waals surface area contributed by atoms with Crippen molar-refractivity contribution < 1.29 is 0 Å². The second-order valence-corrected chi connectivity index (χ2v) is 4.71. The van der Waals surface area contributed by atoms with Gasteiger partial charge in [0.1, 0.15) is 17.0 Å². The summed E-state index contributed by atoms with van der Waals surface area (Å²) < 4.78 is 0. The van der Waals surface area contributed by atoms with Crippen LogP contribution < -0.4 is 5.32 Å². The van der Waals surface area contributed by atoms with Gasteiger partial charge in [-0.05, 0) is 13.3 Å². The standard InChI is InChI=1S/C10H12ClN3S/c1-3-6(2)14-9-8-7(11)4-15-10(8)13-5-12-9/h4-6H,3H2,1-2H3,(H,12,13,14). The predicted octanol–water partition coefficient (Wildman–Crippen LogP) is 3.56. The molecular formula is C10H12ClN3S. The van der Waals surface area contributed by atoms with Crippen LogP contribution in [0.5, 0.6) is 0 Å². The Bertz CT molecular complexity index is 469. The molecule has 0 aliphatic rings. The summed E-state index contributed by atoms with van der Waals surface area (Å²) in [5.74, 6) is 0.834. The Kier molecular flexibility index (Phi) is 3.07. The molecule has 0 bridgehead atoms. The summed E-state index contributed by atoms with van der Waals surface area (Å²) in [6, 6.07) is 0.388. The Hall–Kier alpha value is -0.870. The zero-order valence-electron chi connectivity index (χ0n) is 8.62. The molecule has 0 spiro atoms. The Balaban J connectivity index is 2.45. The highest BCUT2D eigenvalue weighted by atomic mass is 35.5. The minimum absolute atomic E-state index is 0.388. The molecule has 0 saturated heterocycles. The second-order valence-electron chi connectivity index (χ2n) is 3.44. The van der Waals surface area contributed by atoms with Gasteiger partial charge in [0, 0.05) is 11.4 Å². The van der Waals surface area contributed by atoms with Gasteiger partial charge in [-0.15, -0.1) is 11.3 Å². The molecule has 2 rings (SSSR count). The first kappa shape index (κ1) is 10.6. The first-order valence-corrected chi connectivity index (χ1v) is 6.12. The summed E-state index contributed by atoms with van der Waals surface area (Å²) >= 11 is 7.63. The highest BCUT2D eigenvalue weighted by molar-refractivity contribution is 7.17. The van der Waals surface area contributed by atoms with Crippen LogP contribution in [0.4, 0.5) is 5.82 Å². The maximum Gasteiger partial charge on any atom is 0.139 e. The Labute approximate surface area is 97.5 Å². The lowest BCUT2D eigenvalue weighted by atomic mass is 10.2. The molecule has 0 saturated carbocycles. The Morgan fingerprint density at radius 2 is 2.33 bits per heavy atom. The fourth-order valence-electron chi connectivity index (χ4n) is 1.29. The number of halogens is 1. The number of fused-ring (bicyclic) bond motifs is 1. The van der Waals surface area contributed by atoms with E-state index in [-0.39, 0.29) is 0 Å². The van der Waals surface area contributed by atoms with Crippen molar-refractivity contribution in [2.45, 2.75) is 26.3 Å². The summed E-state index contributed by atoms with van der Waals surface area (Å²) in [5, 5.41) is 6.88. The quantitative estimate of drug-likeness (QED) is 0.893. The van der Waals surface area contributed by atoms with Crippen molar-refractivity contribution in [1.29, 1.82) is 0 Å². The molecule has 1 atom stereocenters. The molecule has 3 nitrogen and oxygen atoms in total. The highest BCUT2D eigenvalue weighted by Gasteiger charge is 2.10. The molecule has 0 amide bonds. The molecule has 2 aromatic rings. The maximum absolute atomic E-state index is 6.09. The smallest absolute Gasteiger partial charge is 0.139 e. The lowest BCUT2D eigenvalue weighted by Gasteiger charge is -2.12. The molecule has 0 aliphatic heterocycles. The SMILES string of the molecule is CCC(C)Nc1ncnc2scc(Cl)c12. The van der Waals surface area contributed by atoms with Crippen LogP contribution in [0.3, 0.4) is 0 Å².